The molecule has 0 aliphatic carbocycles. The minimum absolute atomic E-state index is 0.0152. The Labute approximate surface area is 123 Å². The van der Waals surface area contributed by atoms with Gasteiger partial charge in [-0.1, -0.05) is 6.92 Å². The van der Waals surface area contributed by atoms with Gasteiger partial charge < -0.3 is 9.84 Å². The van der Waals surface area contributed by atoms with Crippen molar-refractivity contribution in [1.29, 1.82) is 0 Å². The molecule has 6 heteroatoms. The molecule has 1 aromatic heterocycles. The molecular formula is C14H22N2O3S. The fourth-order valence-electron chi connectivity index (χ4n) is 2.61. The second-order valence-corrected chi connectivity index (χ2v) is 6.52. The second-order valence-electron chi connectivity index (χ2n) is 5.35. The first kappa shape index (κ1) is 15.4. The van der Waals surface area contributed by atoms with Crippen LogP contribution in [0.25, 0.3) is 0 Å². The Morgan fingerprint density at radius 1 is 1.45 bits per heavy atom. The van der Waals surface area contributed by atoms with Gasteiger partial charge in [-0.05, 0) is 20.3 Å². The van der Waals surface area contributed by atoms with Crippen molar-refractivity contribution in [2.45, 2.75) is 52.4 Å². The number of ether oxygens (including phenoxy) is 1. The van der Waals surface area contributed by atoms with Gasteiger partial charge in [0.25, 0.3) is 0 Å². The van der Waals surface area contributed by atoms with Gasteiger partial charge in [0, 0.05) is 24.5 Å². The van der Waals surface area contributed by atoms with Crippen LogP contribution in [0.5, 0.6) is 0 Å². The van der Waals surface area contributed by atoms with Crippen LogP contribution < -0.4 is 0 Å². The van der Waals surface area contributed by atoms with Crippen molar-refractivity contribution in [1.82, 2.24) is 9.88 Å². The molecule has 0 saturated carbocycles. The van der Waals surface area contributed by atoms with Crippen LogP contribution in [0.15, 0.2) is 0 Å². The lowest BCUT2D eigenvalue weighted by molar-refractivity contribution is -0.136. The summed E-state index contributed by atoms with van der Waals surface area (Å²) >= 11 is 1.64. The highest BCUT2D eigenvalue weighted by atomic mass is 32.1. The summed E-state index contributed by atoms with van der Waals surface area (Å²) in [6.45, 7) is 8.74. The zero-order valence-electron chi connectivity index (χ0n) is 12.3. The first-order valence-corrected chi connectivity index (χ1v) is 7.86. The van der Waals surface area contributed by atoms with E-state index < -0.39 is 5.97 Å². The SMILES string of the molecule is CCc1nc(CC(=O)O)c(CN2CC(C)OC(C)C2)s1. The second kappa shape index (κ2) is 6.65. The number of thiazole rings is 1. The molecule has 1 aliphatic rings. The molecule has 1 fully saturated rings. The lowest BCUT2D eigenvalue weighted by Gasteiger charge is -2.35. The van der Waals surface area contributed by atoms with E-state index in [1.807, 2.05) is 6.92 Å². The van der Waals surface area contributed by atoms with E-state index >= 15 is 0 Å². The number of rotatable bonds is 5. The number of carboxylic acid groups (broad SMARTS) is 1. The molecule has 2 unspecified atom stereocenters. The first-order valence-electron chi connectivity index (χ1n) is 7.05. The van der Waals surface area contributed by atoms with Gasteiger partial charge in [0.15, 0.2) is 0 Å². The Morgan fingerprint density at radius 2 is 2.10 bits per heavy atom. The monoisotopic (exact) mass is 298 g/mol. The molecule has 0 aromatic carbocycles. The maximum Gasteiger partial charge on any atom is 0.309 e. The predicted octanol–water partition coefficient (Wildman–Crippen LogP) is 1.94. The number of hydrogen-bond acceptors (Lipinski definition) is 5. The third kappa shape index (κ3) is 4.01. The van der Waals surface area contributed by atoms with E-state index in [-0.39, 0.29) is 18.6 Å². The van der Waals surface area contributed by atoms with Crippen LogP contribution in [-0.2, 0) is 28.9 Å². The van der Waals surface area contributed by atoms with Gasteiger partial charge in [0.05, 0.1) is 29.3 Å². The molecule has 0 radical (unpaired) electrons. The zero-order valence-corrected chi connectivity index (χ0v) is 13.1. The number of aryl methyl sites for hydroxylation is 1. The fourth-order valence-corrected chi connectivity index (χ4v) is 3.68. The minimum atomic E-state index is -0.817. The highest BCUT2D eigenvalue weighted by Crippen LogP contribution is 2.23. The molecule has 1 saturated heterocycles. The van der Waals surface area contributed by atoms with Crippen molar-refractivity contribution < 1.29 is 14.6 Å². The average Bonchev–Trinajstić information content (AvgIpc) is 2.69. The Kier molecular flexibility index (Phi) is 5.12. The van der Waals surface area contributed by atoms with Gasteiger partial charge in [-0.2, -0.15) is 0 Å². The minimum Gasteiger partial charge on any atom is -0.481 e. The molecule has 2 atom stereocenters. The van der Waals surface area contributed by atoms with E-state index in [9.17, 15) is 4.79 Å². The molecule has 0 spiro atoms. The van der Waals surface area contributed by atoms with Gasteiger partial charge in [-0.25, -0.2) is 4.98 Å². The van der Waals surface area contributed by atoms with E-state index in [4.69, 9.17) is 9.84 Å². The molecular weight excluding hydrogens is 276 g/mol. The van der Waals surface area contributed by atoms with Gasteiger partial charge in [-0.3, -0.25) is 9.69 Å². The smallest absolute Gasteiger partial charge is 0.309 e. The number of nitrogens with zero attached hydrogens (tertiary/aromatic N) is 2. The molecule has 112 valence electrons. The van der Waals surface area contributed by atoms with Crippen LogP contribution in [0.2, 0.25) is 0 Å². The van der Waals surface area contributed by atoms with Gasteiger partial charge in [0.1, 0.15) is 0 Å². The molecule has 1 aliphatic heterocycles. The predicted molar refractivity (Wildman–Crippen MR) is 78.1 cm³/mol. The van der Waals surface area contributed by atoms with Crippen LogP contribution in [-0.4, -0.2) is 46.3 Å². The zero-order chi connectivity index (χ0) is 14.7. The van der Waals surface area contributed by atoms with Crippen molar-refractivity contribution in [3.63, 3.8) is 0 Å². The molecule has 20 heavy (non-hydrogen) atoms. The molecule has 0 bridgehead atoms. The van der Waals surface area contributed by atoms with Gasteiger partial charge in [0.2, 0.25) is 0 Å². The largest absolute Gasteiger partial charge is 0.481 e. The fraction of sp³-hybridized carbons (Fsp3) is 0.714. The third-order valence-electron chi connectivity index (χ3n) is 3.31. The molecule has 1 N–H and O–H groups in total. The van der Waals surface area contributed by atoms with Crippen molar-refractivity contribution in [3.05, 3.63) is 15.6 Å². The third-order valence-corrected chi connectivity index (χ3v) is 4.53. The number of morpholine rings is 1. The highest BCUT2D eigenvalue weighted by Gasteiger charge is 2.24. The normalized spacial score (nSPS) is 23.9. The Bertz CT molecular complexity index is 465. The van der Waals surface area contributed by atoms with Crippen molar-refractivity contribution >= 4 is 17.3 Å². The van der Waals surface area contributed by atoms with Crippen molar-refractivity contribution in [3.8, 4) is 0 Å². The van der Waals surface area contributed by atoms with E-state index in [2.05, 4.69) is 23.7 Å². The summed E-state index contributed by atoms with van der Waals surface area (Å²) < 4.78 is 5.73. The Hall–Kier alpha value is -0.980. The number of hydrogen-bond donors (Lipinski definition) is 1. The molecule has 1 aromatic rings. The molecule has 5 nitrogen and oxygen atoms in total. The van der Waals surface area contributed by atoms with Gasteiger partial charge in [-0.15, -0.1) is 11.3 Å². The number of aliphatic carboxylic acids is 1. The van der Waals surface area contributed by atoms with E-state index in [1.165, 1.54) is 0 Å². The van der Waals surface area contributed by atoms with E-state index in [0.29, 0.717) is 0 Å². The number of aromatic nitrogens is 1. The first-order chi connectivity index (χ1) is 9.47. The summed E-state index contributed by atoms with van der Waals surface area (Å²) in [6, 6.07) is 0. The number of carboxylic acids is 1. The van der Waals surface area contributed by atoms with Crippen LogP contribution >= 0.6 is 11.3 Å². The van der Waals surface area contributed by atoms with Crippen LogP contribution in [0.4, 0.5) is 0 Å². The van der Waals surface area contributed by atoms with Crippen molar-refractivity contribution in [2.75, 3.05) is 13.1 Å². The molecule has 2 heterocycles. The van der Waals surface area contributed by atoms with E-state index in [0.717, 1.165) is 41.6 Å². The summed E-state index contributed by atoms with van der Waals surface area (Å²) in [7, 11) is 0. The van der Waals surface area contributed by atoms with Gasteiger partial charge >= 0.3 is 5.97 Å². The summed E-state index contributed by atoms with van der Waals surface area (Å²) in [5.74, 6) is -0.817. The average molecular weight is 298 g/mol. The quantitative estimate of drug-likeness (QED) is 0.900. The Morgan fingerprint density at radius 3 is 2.65 bits per heavy atom. The standard InChI is InChI=1S/C14H22N2O3S/c1-4-13-15-11(5-14(17)18)12(20-13)8-16-6-9(2)19-10(3)7-16/h9-10H,4-8H2,1-3H3,(H,17,18). The lowest BCUT2D eigenvalue weighted by Crippen LogP contribution is -2.44. The number of carbonyl (C=O) groups is 1. The summed E-state index contributed by atoms with van der Waals surface area (Å²) in [4.78, 5) is 18.8. The maximum atomic E-state index is 10.9. The van der Waals surface area contributed by atoms with Crippen LogP contribution in [0.3, 0.4) is 0 Å². The maximum absolute atomic E-state index is 10.9. The van der Waals surface area contributed by atoms with Crippen LogP contribution in [0, 0.1) is 0 Å². The topological polar surface area (TPSA) is 62.7 Å². The lowest BCUT2D eigenvalue weighted by atomic mass is 10.2. The summed E-state index contributed by atoms with van der Waals surface area (Å²) in [5, 5.41) is 10.0. The molecule has 2 rings (SSSR count). The van der Waals surface area contributed by atoms with Crippen LogP contribution in [0.1, 0.15) is 36.3 Å². The summed E-state index contributed by atoms with van der Waals surface area (Å²) in [5.41, 5.74) is 0.728. The van der Waals surface area contributed by atoms with E-state index in [1.54, 1.807) is 11.3 Å². The highest BCUT2D eigenvalue weighted by molar-refractivity contribution is 7.11. The van der Waals surface area contributed by atoms with Crippen molar-refractivity contribution in [2.24, 2.45) is 0 Å². The molecule has 0 amide bonds. The summed E-state index contributed by atoms with van der Waals surface area (Å²) in [6.07, 6.45) is 1.31. The Balaban J connectivity index is 2.10.